The minimum Gasteiger partial charge on any atom is -0.454 e. The van der Waals surface area contributed by atoms with Gasteiger partial charge in [-0.2, -0.15) is 4.31 Å². The van der Waals surface area contributed by atoms with Crippen LogP contribution in [0.3, 0.4) is 0 Å². The highest BCUT2D eigenvalue weighted by atomic mass is 32.2. The Morgan fingerprint density at radius 1 is 1.07 bits per heavy atom. The first-order chi connectivity index (χ1) is 13.0. The second-order valence-electron chi connectivity index (χ2n) is 6.53. The molecule has 1 amide bonds. The van der Waals surface area contributed by atoms with Crippen LogP contribution >= 0.6 is 0 Å². The van der Waals surface area contributed by atoms with Crippen molar-refractivity contribution in [3.05, 3.63) is 53.6 Å². The molecule has 0 radical (unpaired) electrons. The summed E-state index contributed by atoms with van der Waals surface area (Å²) in [4.78, 5) is 12.2. The normalized spacial score (nSPS) is 16.0. The van der Waals surface area contributed by atoms with Gasteiger partial charge in [-0.3, -0.25) is 4.79 Å². The highest BCUT2D eigenvalue weighted by Gasteiger charge is 2.27. The maximum absolute atomic E-state index is 12.6. The van der Waals surface area contributed by atoms with Gasteiger partial charge in [-0.25, -0.2) is 8.42 Å². The molecule has 8 heteroatoms. The monoisotopic (exact) mass is 388 g/mol. The van der Waals surface area contributed by atoms with Gasteiger partial charge < -0.3 is 14.8 Å². The number of anilines is 1. The number of hydrogen-bond donors (Lipinski definition) is 1. The van der Waals surface area contributed by atoms with E-state index in [1.165, 1.54) is 9.87 Å². The number of nitrogens with one attached hydrogen (secondary N) is 1. The maximum Gasteiger partial charge on any atom is 0.231 e. The zero-order chi connectivity index (χ0) is 18.9. The summed E-state index contributed by atoms with van der Waals surface area (Å²) < 4.78 is 37.2. The lowest BCUT2D eigenvalue weighted by Crippen LogP contribution is -2.38. The van der Waals surface area contributed by atoms with Crippen molar-refractivity contribution in [1.82, 2.24) is 4.31 Å². The third-order valence-corrected chi connectivity index (χ3v) is 6.55. The van der Waals surface area contributed by atoms with Crippen molar-refractivity contribution in [3.8, 4) is 11.5 Å². The number of hydrogen-bond acceptors (Lipinski definition) is 5. The number of rotatable bonds is 5. The predicted molar refractivity (Wildman–Crippen MR) is 100 cm³/mol. The van der Waals surface area contributed by atoms with Gasteiger partial charge in [0, 0.05) is 31.3 Å². The summed E-state index contributed by atoms with van der Waals surface area (Å²) in [6.45, 7) is 0.968. The van der Waals surface area contributed by atoms with Crippen molar-refractivity contribution >= 4 is 21.6 Å². The van der Waals surface area contributed by atoms with E-state index >= 15 is 0 Å². The number of amides is 1. The molecule has 7 nitrogen and oxygen atoms in total. The lowest BCUT2D eigenvalue weighted by atomic mass is 10.0. The Balaban J connectivity index is 1.34. The summed E-state index contributed by atoms with van der Waals surface area (Å²) in [5, 5.41) is 2.71. The quantitative estimate of drug-likeness (QED) is 0.848. The summed E-state index contributed by atoms with van der Waals surface area (Å²) in [6, 6.07) is 12.9. The zero-order valence-corrected chi connectivity index (χ0v) is 15.5. The molecule has 0 bridgehead atoms. The van der Waals surface area contributed by atoms with Gasteiger partial charge in [0.25, 0.3) is 0 Å². The lowest BCUT2D eigenvalue weighted by molar-refractivity contribution is -0.115. The van der Waals surface area contributed by atoms with E-state index in [2.05, 4.69) is 5.32 Å². The van der Waals surface area contributed by atoms with Crippen LogP contribution in [-0.2, 0) is 27.8 Å². The molecule has 4 rings (SSSR count). The number of benzene rings is 2. The summed E-state index contributed by atoms with van der Waals surface area (Å²) in [6.07, 6.45) is 0.591. The molecule has 0 saturated carbocycles. The molecule has 142 valence electrons. The number of carbonyl (C=O) groups excluding carboxylic acids is 1. The van der Waals surface area contributed by atoms with Gasteiger partial charge >= 0.3 is 0 Å². The first-order valence-electron chi connectivity index (χ1n) is 8.75. The van der Waals surface area contributed by atoms with Crippen molar-refractivity contribution in [2.75, 3.05) is 24.4 Å². The summed E-state index contributed by atoms with van der Waals surface area (Å²) in [5.74, 6) is 0.620. The molecule has 0 fully saturated rings. The third-order valence-electron chi connectivity index (χ3n) is 4.73. The van der Waals surface area contributed by atoms with Crippen molar-refractivity contribution in [2.24, 2.45) is 0 Å². The van der Waals surface area contributed by atoms with E-state index in [1.807, 2.05) is 24.3 Å². The van der Waals surface area contributed by atoms with E-state index in [9.17, 15) is 13.2 Å². The average molecular weight is 388 g/mol. The fraction of sp³-hybridized carbons (Fsp3) is 0.316. The molecule has 2 aliphatic heterocycles. The summed E-state index contributed by atoms with van der Waals surface area (Å²) in [5.41, 5.74) is 2.76. The van der Waals surface area contributed by atoms with E-state index in [1.54, 1.807) is 18.2 Å². The van der Waals surface area contributed by atoms with E-state index in [-0.39, 0.29) is 24.9 Å². The van der Waals surface area contributed by atoms with Crippen LogP contribution in [0.15, 0.2) is 42.5 Å². The Kier molecular flexibility index (Phi) is 4.75. The van der Waals surface area contributed by atoms with Gasteiger partial charge in [0.15, 0.2) is 11.5 Å². The number of nitrogens with zero attached hydrogens (tertiary/aromatic N) is 1. The number of ether oxygens (including phenoxy) is 2. The molecule has 2 aliphatic rings. The molecular formula is C19H20N2O5S. The second kappa shape index (κ2) is 7.21. The van der Waals surface area contributed by atoms with Crippen LogP contribution in [0.4, 0.5) is 5.69 Å². The number of carbonyl (C=O) groups is 1. The van der Waals surface area contributed by atoms with Gasteiger partial charge in [-0.1, -0.05) is 24.3 Å². The SMILES string of the molecule is O=C(CCS(=O)(=O)N1CCc2ccccc2C1)Nc1ccc2c(c1)OCO2. The molecule has 0 atom stereocenters. The Morgan fingerprint density at radius 2 is 1.85 bits per heavy atom. The minimum absolute atomic E-state index is 0.102. The summed E-state index contributed by atoms with van der Waals surface area (Å²) in [7, 11) is -3.50. The van der Waals surface area contributed by atoms with E-state index in [0.29, 0.717) is 36.7 Å². The van der Waals surface area contributed by atoms with Gasteiger partial charge in [0.05, 0.1) is 5.75 Å². The Bertz CT molecular complexity index is 974. The van der Waals surface area contributed by atoms with Crippen LogP contribution in [0.1, 0.15) is 17.5 Å². The van der Waals surface area contributed by atoms with Crippen molar-refractivity contribution in [1.29, 1.82) is 0 Å². The molecule has 1 N–H and O–H groups in total. The maximum atomic E-state index is 12.6. The van der Waals surface area contributed by atoms with Crippen molar-refractivity contribution in [2.45, 2.75) is 19.4 Å². The van der Waals surface area contributed by atoms with Crippen LogP contribution in [-0.4, -0.2) is 37.7 Å². The van der Waals surface area contributed by atoms with E-state index in [0.717, 1.165) is 5.56 Å². The van der Waals surface area contributed by atoms with Gasteiger partial charge in [0.2, 0.25) is 22.7 Å². The largest absolute Gasteiger partial charge is 0.454 e. The highest BCUT2D eigenvalue weighted by Crippen LogP contribution is 2.34. The molecule has 2 aromatic rings. The van der Waals surface area contributed by atoms with Gasteiger partial charge in [-0.15, -0.1) is 0 Å². The molecular weight excluding hydrogens is 368 g/mol. The Hall–Kier alpha value is -2.58. The molecule has 0 spiro atoms. The molecule has 27 heavy (non-hydrogen) atoms. The Labute approximate surface area is 157 Å². The molecule has 2 heterocycles. The van der Waals surface area contributed by atoms with Crippen LogP contribution in [0, 0.1) is 0 Å². The number of sulfonamides is 1. The fourth-order valence-electron chi connectivity index (χ4n) is 3.26. The van der Waals surface area contributed by atoms with Crippen LogP contribution in [0.5, 0.6) is 11.5 Å². The van der Waals surface area contributed by atoms with Crippen LogP contribution in [0.25, 0.3) is 0 Å². The van der Waals surface area contributed by atoms with Crippen molar-refractivity contribution in [3.63, 3.8) is 0 Å². The summed E-state index contributed by atoms with van der Waals surface area (Å²) >= 11 is 0. The zero-order valence-electron chi connectivity index (χ0n) is 14.7. The fourth-order valence-corrected chi connectivity index (χ4v) is 4.66. The standard InChI is InChI=1S/C19H20N2O5S/c22-19(20-16-5-6-17-18(11-16)26-13-25-17)8-10-27(23,24)21-9-7-14-3-1-2-4-15(14)12-21/h1-6,11H,7-10,12-13H2,(H,20,22). The van der Waals surface area contributed by atoms with Crippen LogP contribution < -0.4 is 14.8 Å². The third kappa shape index (κ3) is 3.91. The first-order valence-corrected chi connectivity index (χ1v) is 10.4. The molecule has 0 unspecified atom stereocenters. The van der Waals surface area contributed by atoms with E-state index < -0.39 is 10.0 Å². The Morgan fingerprint density at radius 3 is 2.70 bits per heavy atom. The van der Waals surface area contributed by atoms with Crippen LogP contribution in [0.2, 0.25) is 0 Å². The van der Waals surface area contributed by atoms with Gasteiger partial charge in [-0.05, 0) is 29.7 Å². The minimum atomic E-state index is -3.50. The second-order valence-corrected chi connectivity index (χ2v) is 8.62. The molecule has 2 aromatic carbocycles. The molecule has 0 aliphatic carbocycles. The average Bonchev–Trinajstić information content (AvgIpc) is 3.14. The lowest BCUT2D eigenvalue weighted by Gasteiger charge is -2.28. The smallest absolute Gasteiger partial charge is 0.231 e. The van der Waals surface area contributed by atoms with Crippen molar-refractivity contribution < 1.29 is 22.7 Å². The highest BCUT2D eigenvalue weighted by molar-refractivity contribution is 7.89. The van der Waals surface area contributed by atoms with E-state index in [4.69, 9.17) is 9.47 Å². The topological polar surface area (TPSA) is 84.9 Å². The first kappa shape index (κ1) is 17.8. The molecule has 0 aromatic heterocycles. The van der Waals surface area contributed by atoms with Gasteiger partial charge in [0.1, 0.15) is 0 Å². The number of fused-ring (bicyclic) bond motifs is 2. The predicted octanol–water partition coefficient (Wildman–Crippen LogP) is 2.13. The molecule has 0 saturated heterocycles.